The van der Waals surface area contributed by atoms with Gasteiger partial charge in [0.05, 0.1) is 28.6 Å². The number of rotatable bonds is 7. The van der Waals surface area contributed by atoms with Crippen molar-refractivity contribution in [1.82, 2.24) is 9.66 Å². The number of hydrogen-bond acceptors (Lipinski definition) is 8. The van der Waals surface area contributed by atoms with Crippen LogP contribution in [0.1, 0.15) is 12.5 Å². The van der Waals surface area contributed by atoms with Crippen LogP contribution in [0, 0.1) is 21.4 Å². The minimum absolute atomic E-state index is 0.0307. The predicted molar refractivity (Wildman–Crippen MR) is 107 cm³/mol. The molecule has 0 spiro atoms. The molecular weight excluding hydrogens is 394 g/mol. The van der Waals surface area contributed by atoms with Gasteiger partial charge in [-0.1, -0.05) is 12.1 Å². The van der Waals surface area contributed by atoms with Crippen molar-refractivity contribution in [3.8, 4) is 17.6 Å². The summed E-state index contributed by atoms with van der Waals surface area (Å²) in [6.07, 6.45) is 1.12. The summed E-state index contributed by atoms with van der Waals surface area (Å²) >= 11 is 0. The molecule has 0 atom stereocenters. The van der Waals surface area contributed by atoms with Crippen LogP contribution in [0.3, 0.4) is 0 Å². The van der Waals surface area contributed by atoms with Gasteiger partial charge in [-0.25, -0.2) is 4.79 Å². The number of aromatic nitrogens is 2. The number of hydrogen-bond donors (Lipinski definition) is 1. The van der Waals surface area contributed by atoms with Gasteiger partial charge in [0.25, 0.3) is 5.56 Å². The summed E-state index contributed by atoms with van der Waals surface area (Å²) in [6.45, 7) is 1.45. The number of benzene rings is 2. The van der Waals surface area contributed by atoms with Gasteiger partial charge in [-0.15, -0.1) is 4.68 Å². The maximum absolute atomic E-state index is 12.5. The average molecular weight is 409 g/mol. The molecule has 0 saturated heterocycles. The molecule has 0 unspecified atom stereocenters. The molecule has 0 amide bonds. The highest BCUT2D eigenvalue weighted by atomic mass is 16.6. The summed E-state index contributed by atoms with van der Waals surface area (Å²) in [5.41, 5.74) is -1.29. The zero-order valence-electron chi connectivity index (χ0n) is 15.7. The van der Waals surface area contributed by atoms with Gasteiger partial charge in [0.1, 0.15) is 6.07 Å². The average Bonchev–Trinajstić information content (AvgIpc) is 2.72. The molecule has 1 aromatic heterocycles. The number of nitro groups is 1. The van der Waals surface area contributed by atoms with Crippen LogP contribution in [0.5, 0.6) is 11.5 Å². The Kier molecular flexibility index (Phi) is 5.88. The number of fused-ring (bicyclic) bond motifs is 1. The highest BCUT2D eigenvalue weighted by Crippen LogP contribution is 2.38. The molecule has 1 heterocycles. The zero-order chi connectivity index (χ0) is 21.7. The SMILES string of the molecule is CCOc1cc(C=Nn2c(=O)[nH]c3ccccc3c2=O)cc([N+](=O)[O-])c1OCC#N. The number of nitriles is 1. The molecule has 0 aliphatic carbocycles. The van der Waals surface area contributed by atoms with E-state index >= 15 is 0 Å². The molecule has 0 radical (unpaired) electrons. The van der Waals surface area contributed by atoms with E-state index in [-0.39, 0.29) is 29.1 Å². The van der Waals surface area contributed by atoms with Crippen LogP contribution in [0.4, 0.5) is 5.69 Å². The number of para-hydroxylation sites is 1. The molecular formula is C19H15N5O6. The van der Waals surface area contributed by atoms with E-state index in [1.54, 1.807) is 37.3 Å². The largest absolute Gasteiger partial charge is 0.490 e. The Hall–Kier alpha value is -4.46. The summed E-state index contributed by atoms with van der Waals surface area (Å²) in [5, 5.41) is 24.3. The summed E-state index contributed by atoms with van der Waals surface area (Å²) in [7, 11) is 0. The third kappa shape index (κ3) is 4.02. The van der Waals surface area contributed by atoms with E-state index in [9.17, 15) is 19.7 Å². The number of ether oxygens (including phenoxy) is 2. The third-order valence-corrected chi connectivity index (χ3v) is 3.94. The van der Waals surface area contributed by atoms with Gasteiger partial charge in [0.15, 0.2) is 12.4 Å². The lowest BCUT2D eigenvalue weighted by molar-refractivity contribution is -0.385. The van der Waals surface area contributed by atoms with E-state index in [4.69, 9.17) is 14.7 Å². The van der Waals surface area contributed by atoms with Gasteiger partial charge in [-0.05, 0) is 25.1 Å². The molecule has 11 heteroatoms. The van der Waals surface area contributed by atoms with E-state index in [0.29, 0.717) is 10.2 Å². The van der Waals surface area contributed by atoms with Crippen molar-refractivity contribution in [3.63, 3.8) is 0 Å². The Balaban J connectivity index is 2.11. The normalized spacial score (nSPS) is 10.8. The maximum atomic E-state index is 12.5. The second-order valence-corrected chi connectivity index (χ2v) is 5.84. The van der Waals surface area contributed by atoms with Crippen LogP contribution < -0.4 is 20.7 Å². The second-order valence-electron chi connectivity index (χ2n) is 5.84. The summed E-state index contributed by atoms with van der Waals surface area (Å²) < 4.78 is 11.2. The van der Waals surface area contributed by atoms with Crippen LogP contribution in [0.2, 0.25) is 0 Å². The van der Waals surface area contributed by atoms with Crippen molar-refractivity contribution >= 4 is 22.8 Å². The Morgan fingerprint density at radius 1 is 1.30 bits per heavy atom. The van der Waals surface area contributed by atoms with Gasteiger partial charge in [-0.3, -0.25) is 14.9 Å². The number of H-pyrrole nitrogens is 1. The van der Waals surface area contributed by atoms with E-state index in [0.717, 1.165) is 12.3 Å². The van der Waals surface area contributed by atoms with Gasteiger partial charge >= 0.3 is 11.4 Å². The molecule has 0 aliphatic heterocycles. The lowest BCUT2D eigenvalue weighted by Crippen LogP contribution is -2.32. The minimum atomic E-state index is -0.761. The quantitative estimate of drug-likeness (QED) is 0.354. The van der Waals surface area contributed by atoms with Crippen molar-refractivity contribution in [2.45, 2.75) is 6.92 Å². The summed E-state index contributed by atoms with van der Waals surface area (Å²) in [5.74, 6) is -0.163. The fourth-order valence-electron chi connectivity index (χ4n) is 2.71. The highest BCUT2D eigenvalue weighted by Gasteiger charge is 2.22. The molecule has 11 nitrogen and oxygen atoms in total. The van der Waals surface area contributed by atoms with Gasteiger partial charge < -0.3 is 14.5 Å². The number of nitrogens with one attached hydrogen (secondary N) is 1. The van der Waals surface area contributed by atoms with Crippen LogP contribution in [-0.2, 0) is 0 Å². The van der Waals surface area contributed by atoms with Crippen LogP contribution in [-0.4, -0.2) is 34.0 Å². The predicted octanol–water partition coefficient (Wildman–Crippen LogP) is 1.78. The first-order chi connectivity index (χ1) is 14.5. The van der Waals surface area contributed by atoms with Gasteiger partial charge in [0.2, 0.25) is 5.75 Å². The topological polar surface area (TPSA) is 153 Å². The van der Waals surface area contributed by atoms with Crippen molar-refractivity contribution in [2.75, 3.05) is 13.2 Å². The minimum Gasteiger partial charge on any atom is -0.490 e. The van der Waals surface area contributed by atoms with Gasteiger partial charge in [0, 0.05) is 11.6 Å². The highest BCUT2D eigenvalue weighted by molar-refractivity contribution is 5.83. The number of nitrogens with zero attached hydrogens (tertiary/aromatic N) is 4. The molecule has 3 aromatic rings. The van der Waals surface area contributed by atoms with Crippen LogP contribution >= 0.6 is 0 Å². The second kappa shape index (κ2) is 8.70. The van der Waals surface area contributed by atoms with E-state index in [1.807, 2.05) is 0 Å². The monoisotopic (exact) mass is 409 g/mol. The molecule has 0 saturated carbocycles. The molecule has 1 N–H and O–H groups in total. The van der Waals surface area contributed by atoms with Crippen LogP contribution in [0.15, 0.2) is 51.1 Å². The summed E-state index contributed by atoms with van der Waals surface area (Å²) in [6, 6.07) is 10.7. The molecule has 30 heavy (non-hydrogen) atoms. The maximum Gasteiger partial charge on any atom is 0.349 e. The Labute approximate surface area is 168 Å². The van der Waals surface area contributed by atoms with Gasteiger partial charge in [-0.2, -0.15) is 10.4 Å². The van der Waals surface area contributed by atoms with Crippen molar-refractivity contribution in [1.29, 1.82) is 5.26 Å². The smallest absolute Gasteiger partial charge is 0.349 e. The Morgan fingerprint density at radius 2 is 2.07 bits per heavy atom. The number of aromatic amines is 1. The molecule has 0 fully saturated rings. The first kappa shape index (κ1) is 20.3. The number of nitro benzene ring substituents is 1. The van der Waals surface area contributed by atoms with Crippen LogP contribution in [0.25, 0.3) is 10.9 Å². The molecule has 2 aromatic carbocycles. The molecule has 3 rings (SSSR count). The zero-order valence-corrected chi connectivity index (χ0v) is 15.7. The molecule has 152 valence electrons. The van der Waals surface area contributed by atoms with E-state index < -0.39 is 28.5 Å². The third-order valence-electron chi connectivity index (χ3n) is 3.94. The van der Waals surface area contributed by atoms with Crippen molar-refractivity contribution in [3.05, 3.63) is 72.9 Å². The first-order valence-corrected chi connectivity index (χ1v) is 8.69. The van der Waals surface area contributed by atoms with E-state index in [1.165, 1.54) is 6.07 Å². The van der Waals surface area contributed by atoms with E-state index in [2.05, 4.69) is 10.1 Å². The van der Waals surface area contributed by atoms with Crippen molar-refractivity contribution < 1.29 is 14.4 Å². The Morgan fingerprint density at radius 3 is 2.77 bits per heavy atom. The fraction of sp³-hybridized carbons (Fsp3) is 0.158. The standard InChI is InChI=1S/C19H15N5O6/c1-2-29-16-10-12(9-15(24(27)28)17(16)30-8-7-20)11-21-23-18(25)13-5-3-4-6-14(13)22-19(23)26/h3-6,9-11H,2,8H2,1H3,(H,22,26). The fourth-order valence-corrected chi connectivity index (χ4v) is 2.71. The summed E-state index contributed by atoms with van der Waals surface area (Å²) in [4.78, 5) is 38.0. The lowest BCUT2D eigenvalue weighted by Gasteiger charge is -2.11. The molecule has 0 aliphatic rings. The Bertz CT molecular complexity index is 1300. The van der Waals surface area contributed by atoms with Crippen molar-refractivity contribution in [2.24, 2.45) is 5.10 Å². The molecule has 0 bridgehead atoms. The lowest BCUT2D eigenvalue weighted by atomic mass is 10.2. The first-order valence-electron chi connectivity index (χ1n) is 8.69.